The molecule has 0 aliphatic heterocycles. The van der Waals surface area contributed by atoms with Crippen LogP contribution in [0.25, 0.3) is 10.9 Å². The van der Waals surface area contributed by atoms with E-state index in [1.54, 1.807) is 7.11 Å². The van der Waals surface area contributed by atoms with Gasteiger partial charge in [-0.3, -0.25) is 4.79 Å². The predicted molar refractivity (Wildman–Crippen MR) is 111 cm³/mol. The van der Waals surface area contributed by atoms with Crippen LogP contribution in [0.4, 0.5) is 0 Å². The summed E-state index contributed by atoms with van der Waals surface area (Å²) >= 11 is 0. The van der Waals surface area contributed by atoms with E-state index in [-0.39, 0.29) is 11.8 Å². The number of pyridine rings is 1. The summed E-state index contributed by atoms with van der Waals surface area (Å²) in [5.74, 6) is 0.517. The molecule has 2 heterocycles. The number of rotatable bonds is 6. The zero-order valence-electron chi connectivity index (χ0n) is 16.0. The van der Waals surface area contributed by atoms with Gasteiger partial charge in [0.1, 0.15) is 5.75 Å². The highest BCUT2D eigenvalue weighted by atomic mass is 16.5. The summed E-state index contributed by atoms with van der Waals surface area (Å²) in [6.45, 7) is 0.416. The van der Waals surface area contributed by atoms with Crippen LogP contribution in [0.5, 0.6) is 5.75 Å². The molecule has 29 heavy (non-hydrogen) atoms. The van der Waals surface area contributed by atoms with Gasteiger partial charge in [-0.15, -0.1) is 0 Å². The van der Waals surface area contributed by atoms with Gasteiger partial charge in [0.2, 0.25) is 0 Å². The Morgan fingerprint density at radius 3 is 2.55 bits per heavy atom. The van der Waals surface area contributed by atoms with Crippen molar-refractivity contribution in [1.82, 2.24) is 10.3 Å². The van der Waals surface area contributed by atoms with E-state index in [0.29, 0.717) is 16.8 Å². The highest BCUT2D eigenvalue weighted by molar-refractivity contribution is 5.94. The van der Waals surface area contributed by atoms with E-state index in [2.05, 4.69) is 16.4 Å². The number of hydrogen-bond acceptors (Lipinski definition) is 3. The van der Waals surface area contributed by atoms with Crippen LogP contribution in [0.3, 0.4) is 0 Å². The number of nitrogens with one attached hydrogen (secondary N) is 2. The van der Waals surface area contributed by atoms with Gasteiger partial charge in [-0.1, -0.05) is 30.3 Å². The highest BCUT2D eigenvalue weighted by Crippen LogP contribution is 2.31. The molecule has 6 heteroatoms. The molecule has 0 aliphatic rings. The summed E-state index contributed by atoms with van der Waals surface area (Å²) in [7, 11) is 1.64. The van der Waals surface area contributed by atoms with Crippen molar-refractivity contribution in [3.8, 4) is 5.75 Å². The molecule has 0 radical (unpaired) electrons. The molecule has 2 aromatic heterocycles. The van der Waals surface area contributed by atoms with Crippen LogP contribution in [0.15, 0.2) is 79.3 Å². The van der Waals surface area contributed by atoms with Crippen molar-refractivity contribution in [2.75, 3.05) is 13.7 Å². The number of carbonyl (C=O) groups is 1. The van der Waals surface area contributed by atoms with Crippen molar-refractivity contribution < 1.29 is 14.3 Å². The highest BCUT2D eigenvalue weighted by Gasteiger charge is 2.20. The van der Waals surface area contributed by atoms with Crippen molar-refractivity contribution in [3.05, 3.63) is 101 Å². The van der Waals surface area contributed by atoms with E-state index in [9.17, 15) is 10.0 Å². The number of benzene rings is 2. The fourth-order valence-corrected chi connectivity index (χ4v) is 3.49. The number of methoxy groups -OCH3 is 1. The van der Waals surface area contributed by atoms with Crippen LogP contribution in [0, 0.1) is 5.21 Å². The molecule has 4 rings (SSSR count). The number of ether oxygens (including phenoxy) is 1. The summed E-state index contributed by atoms with van der Waals surface area (Å²) in [5.41, 5.74) is 3.68. The topological polar surface area (TPSA) is 81.1 Å². The summed E-state index contributed by atoms with van der Waals surface area (Å²) in [5, 5.41) is 15.3. The van der Waals surface area contributed by atoms with E-state index in [1.165, 1.54) is 24.5 Å². The third kappa shape index (κ3) is 3.91. The molecule has 1 atom stereocenters. The molecule has 0 fully saturated rings. The first-order valence-corrected chi connectivity index (χ1v) is 9.32. The van der Waals surface area contributed by atoms with Crippen LogP contribution in [-0.2, 0) is 0 Å². The molecule has 1 amide bonds. The van der Waals surface area contributed by atoms with Gasteiger partial charge in [-0.2, -0.15) is 4.73 Å². The number of amides is 1. The number of H-pyrrole nitrogens is 1. The van der Waals surface area contributed by atoms with E-state index in [4.69, 9.17) is 4.74 Å². The lowest BCUT2D eigenvalue weighted by Gasteiger charge is -2.18. The van der Waals surface area contributed by atoms with Gasteiger partial charge < -0.3 is 20.2 Å². The number of aromatic amines is 1. The standard InChI is InChI=1S/C23H21N3O3/c1-29-18-8-6-16(7-9-18)20(21-15-24-22-5-3-2-4-19(21)22)14-25-23(27)17-10-12-26(28)13-11-17/h2-13,15,20,24H,14H2,1H3,(H,25,27). The molecule has 2 N–H and O–H groups in total. The summed E-state index contributed by atoms with van der Waals surface area (Å²) < 4.78 is 5.93. The van der Waals surface area contributed by atoms with Crippen LogP contribution < -0.4 is 14.8 Å². The van der Waals surface area contributed by atoms with E-state index in [1.807, 2.05) is 48.7 Å². The van der Waals surface area contributed by atoms with E-state index >= 15 is 0 Å². The van der Waals surface area contributed by atoms with Gasteiger partial charge in [-0.25, -0.2) is 0 Å². The number of hydrogen-bond donors (Lipinski definition) is 2. The van der Waals surface area contributed by atoms with E-state index < -0.39 is 0 Å². The van der Waals surface area contributed by atoms with Crippen molar-refractivity contribution in [2.24, 2.45) is 0 Å². The summed E-state index contributed by atoms with van der Waals surface area (Å²) in [4.78, 5) is 15.9. The first-order valence-electron chi connectivity index (χ1n) is 9.32. The molecule has 2 aromatic carbocycles. The van der Waals surface area contributed by atoms with Crippen LogP contribution in [-0.4, -0.2) is 24.5 Å². The molecule has 0 bridgehead atoms. The Morgan fingerprint density at radius 2 is 1.83 bits per heavy atom. The summed E-state index contributed by atoms with van der Waals surface area (Å²) in [6, 6.07) is 19.0. The second-order valence-electron chi connectivity index (χ2n) is 6.77. The quantitative estimate of drug-likeness (QED) is 0.393. The van der Waals surface area contributed by atoms with Gasteiger partial charge in [-0.05, 0) is 29.3 Å². The Bertz CT molecular complexity index is 1120. The molecule has 0 saturated carbocycles. The van der Waals surface area contributed by atoms with Crippen molar-refractivity contribution in [1.29, 1.82) is 0 Å². The molecule has 1 unspecified atom stereocenters. The van der Waals surface area contributed by atoms with Gasteiger partial charge >= 0.3 is 0 Å². The Morgan fingerprint density at radius 1 is 1.10 bits per heavy atom. The zero-order chi connectivity index (χ0) is 20.2. The third-order valence-electron chi connectivity index (χ3n) is 5.05. The van der Waals surface area contributed by atoms with Crippen LogP contribution in [0.1, 0.15) is 27.4 Å². The monoisotopic (exact) mass is 387 g/mol. The maximum absolute atomic E-state index is 12.6. The van der Waals surface area contributed by atoms with Crippen molar-refractivity contribution in [2.45, 2.75) is 5.92 Å². The van der Waals surface area contributed by atoms with Gasteiger partial charge in [0.25, 0.3) is 5.91 Å². The Labute approximate surface area is 168 Å². The van der Waals surface area contributed by atoms with Gasteiger partial charge in [0, 0.05) is 41.7 Å². The van der Waals surface area contributed by atoms with Gasteiger partial charge in [0.05, 0.1) is 12.7 Å². The first-order chi connectivity index (χ1) is 14.2. The normalized spacial score (nSPS) is 11.9. The van der Waals surface area contributed by atoms with Crippen LogP contribution >= 0.6 is 0 Å². The molecular formula is C23H21N3O3. The minimum atomic E-state index is -0.219. The number of fused-ring (bicyclic) bond motifs is 1. The fraction of sp³-hybridized carbons (Fsp3) is 0.130. The number of nitrogens with zero attached hydrogens (tertiary/aromatic N) is 1. The van der Waals surface area contributed by atoms with Crippen molar-refractivity contribution in [3.63, 3.8) is 0 Å². The van der Waals surface area contributed by atoms with Crippen molar-refractivity contribution >= 4 is 16.8 Å². The molecular weight excluding hydrogens is 366 g/mol. The predicted octanol–water partition coefficient (Wildman–Crippen LogP) is 3.37. The third-order valence-corrected chi connectivity index (χ3v) is 5.05. The SMILES string of the molecule is COc1ccc(C(CNC(=O)c2cc[n+]([O-])cc2)c2c[nH]c3ccccc23)cc1. The second kappa shape index (κ2) is 8.06. The molecule has 0 aliphatic carbocycles. The lowest BCUT2D eigenvalue weighted by atomic mass is 9.90. The maximum atomic E-state index is 12.6. The molecule has 0 spiro atoms. The largest absolute Gasteiger partial charge is 0.619 e. The lowest BCUT2D eigenvalue weighted by Crippen LogP contribution is -2.30. The average Bonchev–Trinajstić information content (AvgIpc) is 3.19. The smallest absolute Gasteiger partial charge is 0.251 e. The first kappa shape index (κ1) is 18.6. The minimum Gasteiger partial charge on any atom is -0.619 e. The zero-order valence-corrected chi connectivity index (χ0v) is 16.0. The molecule has 0 saturated heterocycles. The Hall–Kier alpha value is -3.80. The summed E-state index contributed by atoms with van der Waals surface area (Å²) in [6.07, 6.45) is 4.62. The number of aromatic nitrogens is 2. The molecule has 146 valence electrons. The van der Waals surface area contributed by atoms with Crippen LogP contribution in [0.2, 0.25) is 0 Å². The Kier molecular flexibility index (Phi) is 5.16. The van der Waals surface area contributed by atoms with Gasteiger partial charge in [0.15, 0.2) is 12.4 Å². The second-order valence-corrected chi connectivity index (χ2v) is 6.77. The Balaban J connectivity index is 1.64. The maximum Gasteiger partial charge on any atom is 0.251 e. The fourth-order valence-electron chi connectivity index (χ4n) is 3.49. The molecule has 6 nitrogen and oxygen atoms in total. The van der Waals surface area contributed by atoms with E-state index in [0.717, 1.165) is 27.8 Å². The minimum absolute atomic E-state index is 0.0471. The number of para-hydroxylation sites is 1. The average molecular weight is 387 g/mol. The number of carbonyl (C=O) groups excluding carboxylic acids is 1. The molecule has 4 aromatic rings. The lowest BCUT2D eigenvalue weighted by molar-refractivity contribution is -0.605.